The lowest BCUT2D eigenvalue weighted by Gasteiger charge is -2.18. The van der Waals surface area contributed by atoms with Gasteiger partial charge in [-0.15, -0.1) is 11.3 Å². The molecule has 26 heavy (non-hydrogen) atoms. The van der Waals surface area contributed by atoms with Crippen LogP contribution in [0, 0.1) is 17.0 Å². The number of nitro groups is 1. The normalized spacial score (nSPS) is 14.4. The van der Waals surface area contributed by atoms with Crippen LogP contribution in [0.1, 0.15) is 34.0 Å². The molecule has 1 aromatic heterocycles. The third-order valence-electron chi connectivity index (χ3n) is 4.01. The van der Waals surface area contributed by atoms with Crippen LogP contribution in [0.4, 0.5) is 5.69 Å². The molecule has 1 aromatic carbocycles. The summed E-state index contributed by atoms with van der Waals surface area (Å²) >= 11 is 1.11. The van der Waals surface area contributed by atoms with Gasteiger partial charge in [0.05, 0.1) is 21.2 Å². The van der Waals surface area contributed by atoms with Crippen molar-refractivity contribution >= 4 is 22.9 Å². The molecule has 0 aliphatic carbocycles. The number of fused-ring (bicyclic) bond motifs is 1. The van der Waals surface area contributed by atoms with Gasteiger partial charge in [-0.1, -0.05) is 12.1 Å². The summed E-state index contributed by atoms with van der Waals surface area (Å²) in [5.41, 5.74) is 0.829. The van der Waals surface area contributed by atoms with E-state index in [1.54, 1.807) is 6.92 Å². The average Bonchev–Trinajstić information content (AvgIpc) is 3.10. The molecule has 1 aliphatic rings. The second kappa shape index (κ2) is 6.95. The first kappa shape index (κ1) is 18.2. The fourth-order valence-corrected chi connectivity index (χ4v) is 3.78. The fourth-order valence-electron chi connectivity index (χ4n) is 2.88. The lowest BCUT2D eigenvalue weighted by molar-refractivity contribution is -0.385. The second-order valence-electron chi connectivity index (χ2n) is 6.70. The number of hydrogen-bond donors (Lipinski definition) is 1. The van der Waals surface area contributed by atoms with Gasteiger partial charge in [-0.2, -0.15) is 0 Å². The van der Waals surface area contributed by atoms with E-state index in [0.717, 1.165) is 29.1 Å². The topological polar surface area (TPSA) is 90.7 Å². The van der Waals surface area contributed by atoms with Crippen LogP contribution >= 0.6 is 11.3 Å². The molecule has 0 unspecified atom stereocenters. The molecule has 1 N–H and O–H groups in total. The number of benzene rings is 1. The summed E-state index contributed by atoms with van der Waals surface area (Å²) < 4.78 is 11.7. The lowest BCUT2D eigenvalue weighted by Crippen LogP contribution is -2.27. The van der Waals surface area contributed by atoms with Gasteiger partial charge in [0.25, 0.3) is 11.6 Å². The average molecular weight is 376 g/mol. The highest BCUT2D eigenvalue weighted by Gasteiger charge is 2.32. The first-order valence-electron chi connectivity index (χ1n) is 8.23. The van der Waals surface area contributed by atoms with Gasteiger partial charge in [0.1, 0.15) is 12.2 Å². The zero-order valence-corrected chi connectivity index (χ0v) is 15.6. The third-order valence-corrected chi connectivity index (χ3v) is 5.05. The van der Waals surface area contributed by atoms with E-state index in [1.807, 2.05) is 32.0 Å². The maximum Gasteiger partial charge on any atom is 0.283 e. The van der Waals surface area contributed by atoms with Gasteiger partial charge in [0.15, 0.2) is 11.5 Å². The molecule has 0 spiro atoms. The molecule has 0 fully saturated rings. The largest absolute Gasteiger partial charge is 0.488 e. The number of carbonyl (C=O) groups excluding carboxylic acids is 1. The van der Waals surface area contributed by atoms with Crippen LogP contribution in [0.15, 0.2) is 24.3 Å². The number of nitrogens with zero attached hydrogens (tertiary/aromatic N) is 1. The number of aryl methyl sites for hydroxylation is 1. The van der Waals surface area contributed by atoms with Crippen LogP contribution in [-0.4, -0.2) is 29.6 Å². The number of hydrogen-bond acceptors (Lipinski definition) is 6. The van der Waals surface area contributed by atoms with Crippen LogP contribution in [0.3, 0.4) is 0 Å². The molecule has 0 bridgehead atoms. The Kier molecular flexibility index (Phi) is 4.86. The first-order valence-corrected chi connectivity index (χ1v) is 9.05. The van der Waals surface area contributed by atoms with E-state index in [1.165, 1.54) is 6.07 Å². The van der Waals surface area contributed by atoms with Gasteiger partial charge in [-0.25, -0.2) is 0 Å². The predicted octanol–water partition coefficient (Wildman–Crippen LogP) is 3.49. The van der Waals surface area contributed by atoms with Crippen molar-refractivity contribution in [1.29, 1.82) is 0 Å². The zero-order chi connectivity index (χ0) is 18.9. The number of amides is 1. The number of rotatable bonds is 6. The minimum atomic E-state index is -0.483. The van der Waals surface area contributed by atoms with Gasteiger partial charge in [0, 0.05) is 18.1 Å². The van der Waals surface area contributed by atoms with E-state index >= 15 is 0 Å². The lowest BCUT2D eigenvalue weighted by atomic mass is 10.0. The van der Waals surface area contributed by atoms with E-state index in [2.05, 4.69) is 5.32 Å². The highest BCUT2D eigenvalue weighted by Crippen LogP contribution is 2.41. The highest BCUT2D eigenvalue weighted by molar-refractivity contribution is 7.14. The van der Waals surface area contributed by atoms with Gasteiger partial charge >= 0.3 is 0 Å². The molecule has 138 valence electrons. The Labute approximate surface area is 155 Å². The Bertz CT molecular complexity index is 859. The van der Waals surface area contributed by atoms with Crippen LogP contribution in [0.5, 0.6) is 11.5 Å². The molecule has 2 heterocycles. The van der Waals surface area contributed by atoms with E-state index in [4.69, 9.17) is 9.47 Å². The third kappa shape index (κ3) is 3.80. The molecular formula is C18H20N2O5S. The standard InChI is InChI=1S/C18H20N2O5S/c1-11-13(20(22)23)9-15(26-11)17(21)19-7-8-24-14-6-4-5-12-10-18(2,3)25-16(12)14/h4-6,9H,7-8,10H2,1-3H3,(H,19,21). The summed E-state index contributed by atoms with van der Waals surface area (Å²) in [7, 11) is 0. The number of para-hydroxylation sites is 1. The Morgan fingerprint density at radius 1 is 1.46 bits per heavy atom. The fraction of sp³-hybridized carbons (Fsp3) is 0.389. The number of carbonyl (C=O) groups is 1. The molecule has 7 nitrogen and oxygen atoms in total. The SMILES string of the molecule is Cc1sc(C(=O)NCCOc2cccc3c2OC(C)(C)C3)cc1[N+](=O)[O-]. The second-order valence-corrected chi connectivity index (χ2v) is 7.95. The summed E-state index contributed by atoms with van der Waals surface area (Å²) in [5, 5.41) is 13.6. The van der Waals surface area contributed by atoms with Crippen molar-refractivity contribution < 1.29 is 19.2 Å². The monoisotopic (exact) mass is 376 g/mol. The quantitative estimate of drug-likeness (QED) is 0.473. The highest BCUT2D eigenvalue weighted by atomic mass is 32.1. The van der Waals surface area contributed by atoms with Gasteiger partial charge < -0.3 is 14.8 Å². The Balaban J connectivity index is 1.54. The Morgan fingerprint density at radius 3 is 2.92 bits per heavy atom. The van der Waals surface area contributed by atoms with Crippen molar-refractivity contribution in [3.63, 3.8) is 0 Å². The van der Waals surface area contributed by atoms with Crippen LogP contribution in [0.2, 0.25) is 0 Å². The van der Waals surface area contributed by atoms with E-state index in [9.17, 15) is 14.9 Å². The molecule has 1 aliphatic heterocycles. The van der Waals surface area contributed by atoms with Crippen molar-refractivity contribution in [2.45, 2.75) is 32.8 Å². The maximum atomic E-state index is 12.1. The van der Waals surface area contributed by atoms with Crippen LogP contribution < -0.4 is 14.8 Å². The molecule has 0 saturated carbocycles. The van der Waals surface area contributed by atoms with Crippen molar-refractivity contribution in [2.75, 3.05) is 13.2 Å². The molecule has 0 radical (unpaired) electrons. The zero-order valence-electron chi connectivity index (χ0n) is 14.8. The number of nitrogens with one attached hydrogen (secondary N) is 1. The van der Waals surface area contributed by atoms with E-state index in [0.29, 0.717) is 15.5 Å². The first-order chi connectivity index (χ1) is 12.3. The molecule has 0 atom stereocenters. The van der Waals surface area contributed by atoms with Crippen LogP contribution in [-0.2, 0) is 6.42 Å². The van der Waals surface area contributed by atoms with E-state index < -0.39 is 4.92 Å². The maximum absolute atomic E-state index is 12.1. The minimum absolute atomic E-state index is 0.0315. The smallest absolute Gasteiger partial charge is 0.283 e. The van der Waals surface area contributed by atoms with E-state index in [-0.39, 0.29) is 30.3 Å². The summed E-state index contributed by atoms with van der Waals surface area (Å²) in [6.07, 6.45) is 0.826. The summed E-state index contributed by atoms with van der Waals surface area (Å²) in [6.45, 7) is 6.24. The van der Waals surface area contributed by atoms with Crippen molar-refractivity contribution in [3.05, 3.63) is 49.7 Å². The predicted molar refractivity (Wildman–Crippen MR) is 98.4 cm³/mol. The summed E-state index contributed by atoms with van der Waals surface area (Å²) in [5.74, 6) is 1.07. The van der Waals surface area contributed by atoms with Crippen molar-refractivity contribution in [3.8, 4) is 11.5 Å². The summed E-state index contributed by atoms with van der Waals surface area (Å²) in [6, 6.07) is 7.08. The Hall–Kier alpha value is -2.61. The molecule has 0 saturated heterocycles. The van der Waals surface area contributed by atoms with Gasteiger partial charge in [-0.3, -0.25) is 14.9 Å². The molecule has 3 rings (SSSR count). The Morgan fingerprint density at radius 2 is 2.23 bits per heavy atom. The van der Waals surface area contributed by atoms with Crippen molar-refractivity contribution in [1.82, 2.24) is 5.32 Å². The minimum Gasteiger partial charge on any atom is -0.488 e. The molecule has 8 heteroatoms. The van der Waals surface area contributed by atoms with Crippen LogP contribution in [0.25, 0.3) is 0 Å². The molecule has 1 amide bonds. The number of thiophene rings is 1. The van der Waals surface area contributed by atoms with Gasteiger partial charge in [-0.05, 0) is 26.8 Å². The van der Waals surface area contributed by atoms with Gasteiger partial charge in [0.2, 0.25) is 0 Å². The summed E-state index contributed by atoms with van der Waals surface area (Å²) in [4.78, 5) is 23.3. The van der Waals surface area contributed by atoms with Crippen molar-refractivity contribution in [2.24, 2.45) is 0 Å². The molecular weight excluding hydrogens is 356 g/mol. The number of ether oxygens (including phenoxy) is 2. The molecule has 2 aromatic rings.